The first-order valence-electron chi connectivity index (χ1n) is 10.6. The summed E-state index contributed by atoms with van der Waals surface area (Å²) in [6, 6.07) is 3.84. The van der Waals surface area contributed by atoms with E-state index in [9.17, 15) is 9.59 Å². The number of rotatable bonds is 4. The summed E-state index contributed by atoms with van der Waals surface area (Å²) in [6.07, 6.45) is 3.15. The molecule has 2 aromatic rings. The Bertz CT molecular complexity index is 1010. The van der Waals surface area contributed by atoms with Crippen molar-refractivity contribution in [2.24, 2.45) is 7.05 Å². The molecule has 0 saturated carbocycles. The van der Waals surface area contributed by atoms with Gasteiger partial charge in [0.25, 0.3) is 0 Å². The Kier molecular flexibility index (Phi) is 6.62. The quantitative estimate of drug-likeness (QED) is 0.670. The first-order chi connectivity index (χ1) is 15.0. The van der Waals surface area contributed by atoms with Gasteiger partial charge in [-0.2, -0.15) is 0 Å². The molecule has 3 heterocycles. The van der Waals surface area contributed by atoms with E-state index < -0.39 is 11.6 Å². The van der Waals surface area contributed by atoms with Crippen molar-refractivity contribution in [2.45, 2.75) is 33.3 Å². The highest BCUT2D eigenvalue weighted by Gasteiger charge is 2.33. The van der Waals surface area contributed by atoms with Gasteiger partial charge in [-0.1, -0.05) is 6.58 Å². The molecular weight excluding hydrogens is 408 g/mol. The van der Waals surface area contributed by atoms with E-state index in [1.807, 2.05) is 51.4 Å². The number of amides is 1. The molecule has 0 aromatic carbocycles. The van der Waals surface area contributed by atoms with Gasteiger partial charge in [-0.05, 0) is 51.0 Å². The van der Waals surface area contributed by atoms with Crippen molar-refractivity contribution < 1.29 is 19.1 Å². The molecule has 0 unspecified atom stereocenters. The van der Waals surface area contributed by atoms with Gasteiger partial charge < -0.3 is 23.8 Å². The average Bonchev–Trinajstić information content (AvgIpc) is 3.06. The fraction of sp³-hybridized carbons (Fsp3) is 0.458. The van der Waals surface area contributed by atoms with E-state index in [0.717, 1.165) is 28.1 Å². The molecule has 8 nitrogen and oxygen atoms in total. The predicted molar refractivity (Wildman–Crippen MR) is 125 cm³/mol. The maximum atomic E-state index is 12.7. The van der Waals surface area contributed by atoms with Gasteiger partial charge in [0, 0.05) is 56.7 Å². The van der Waals surface area contributed by atoms with Crippen LogP contribution in [0.2, 0.25) is 0 Å². The largest absolute Gasteiger partial charge is 0.464 e. The highest BCUT2D eigenvalue weighted by atomic mass is 16.6. The summed E-state index contributed by atoms with van der Waals surface area (Å²) in [7, 11) is 3.24. The van der Waals surface area contributed by atoms with Crippen LogP contribution in [0.15, 0.2) is 31.1 Å². The van der Waals surface area contributed by atoms with Gasteiger partial charge in [-0.25, -0.2) is 9.59 Å². The van der Waals surface area contributed by atoms with Crippen LogP contribution < -0.4 is 4.90 Å². The number of carbonyl (C=O) groups is 2. The molecule has 3 rings (SSSR count). The number of aromatic nitrogens is 2. The summed E-state index contributed by atoms with van der Waals surface area (Å²) >= 11 is 0. The number of allylic oxidation sites excluding steroid dienone is 1. The second-order valence-electron chi connectivity index (χ2n) is 8.94. The lowest BCUT2D eigenvalue weighted by Crippen LogP contribution is -2.50. The zero-order chi connectivity index (χ0) is 23.6. The van der Waals surface area contributed by atoms with Crippen molar-refractivity contribution in [1.82, 2.24) is 14.5 Å². The Hall–Kier alpha value is -3.29. The number of pyridine rings is 1. The van der Waals surface area contributed by atoms with Gasteiger partial charge in [0.05, 0.1) is 7.11 Å². The van der Waals surface area contributed by atoms with Gasteiger partial charge >= 0.3 is 12.1 Å². The van der Waals surface area contributed by atoms with Gasteiger partial charge in [0.15, 0.2) is 0 Å². The second-order valence-corrected chi connectivity index (χ2v) is 8.94. The van der Waals surface area contributed by atoms with E-state index in [0.29, 0.717) is 31.9 Å². The fourth-order valence-corrected chi connectivity index (χ4v) is 4.01. The summed E-state index contributed by atoms with van der Waals surface area (Å²) in [5, 5.41) is 0. The molecule has 1 saturated heterocycles. The number of hydrogen-bond acceptors (Lipinski definition) is 6. The average molecular weight is 441 g/mol. The molecule has 0 radical (unpaired) electrons. The van der Waals surface area contributed by atoms with Crippen LogP contribution in [0.25, 0.3) is 16.7 Å². The number of methoxy groups -OCH3 is 1. The summed E-state index contributed by atoms with van der Waals surface area (Å²) in [4.78, 5) is 33.3. The number of piperazine rings is 1. The summed E-state index contributed by atoms with van der Waals surface area (Å²) < 4.78 is 12.5. The monoisotopic (exact) mass is 440 g/mol. The molecule has 1 aliphatic rings. The van der Waals surface area contributed by atoms with Crippen LogP contribution in [0.4, 0.5) is 10.6 Å². The van der Waals surface area contributed by atoms with E-state index in [1.165, 1.54) is 7.11 Å². The molecule has 0 N–H and O–H groups in total. The highest BCUT2D eigenvalue weighted by Crippen LogP contribution is 2.41. The van der Waals surface area contributed by atoms with Crippen molar-refractivity contribution in [3.63, 3.8) is 0 Å². The molecule has 0 bridgehead atoms. The fourth-order valence-electron chi connectivity index (χ4n) is 4.01. The van der Waals surface area contributed by atoms with E-state index in [1.54, 1.807) is 17.3 Å². The number of anilines is 1. The third-order valence-corrected chi connectivity index (χ3v) is 5.37. The Morgan fingerprint density at radius 2 is 1.69 bits per heavy atom. The molecule has 1 aliphatic heterocycles. The Morgan fingerprint density at radius 1 is 1.09 bits per heavy atom. The van der Waals surface area contributed by atoms with E-state index in [2.05, 4.69) is 16.5 Å². The molecule has 1 fully saturated rings. The van der Waals surface area contributed by atoms with Gasteiger partial charge in [-0.3, -0.25) is 4.98 Å². The first kappa shape index (κ1) is 23.4. The summed E-state index contributed by atoms with van der Waals surface area (Å²) in [5.74, 6) is 0.470. The number of hydrogen-bond donors (Lipinski definition) is 0. The number of esters is 1. The molecule has 1 amide bonds. The Balaban J connectivity index is 2.03. The van der Waals surface area contributed by atoms with Crippen LogP contribution >= 0.6 is 0 Å². The standard InChI is InChI=1S/C24H32N4O4/c1-16(2)18-19(17-8-10-25-11-9-17)21(26(6)20(18)22(29)31-7)27-12-14-28(15-13-27)23(30)32-24(3,4)5/h8-11H,1,12-15H2,2-7H3. The van der Waals surface area contributed by atoms with Gasteiger partial charge in [0.2, 0.25) is 0 Å². The molecule has 0 spiro atoms. The molecule has 0 aliphatic carbocycles. The Morgan fingerprint density at radius 3 is 2.19 bits per heavy atom. The lowest BCUT2D eigenvalue weighted by atomic mass is 9.98. The van der Waals surface area contributed by atoms with Crippen LogP contribution in [0.3, 0.4) is 0 Å². The van der Waals surface area contributed by atoms with Crippen molar-refractivity contribution in [3.05, 3.63) is 42.4 Å². The maximum absolute atomic E-state index is 12.7. The highest BCUT2D eigenvalue weighted by molar-refractivity contribution is 6.02. The topological polar surface area (TPSA) is 76.9 Å². The summed E-state index contributed by atoms with van der Waals surface area (Å²) in [6.45, 7) is 13.8. The van der Waals surface area contributed by atoms with E-state index >= 15 is 0 Å². The first-order valence-corrected chi connectivity index (χ1v) is 10.6. The third-order valence-electron chi connectivity index (χ3n) is 5.37. The minimum absolute atomic E-state index is 0.309. The van der Waals surface area contributed by atoms with Crippen LogP contribution in [-0.4, -0.2) is 65.4 Å². The van der Waals surface area contributed by atoms with Crippen LogP contribution in [0.1, 0.15) is 43.7 Å². The predicted octanol–water partition coefficient (Wildman–Crippen LogP) is 3.96. The normalized spacial score (nSPS) is 14.3. The number of carbonyl (C=O) groups excluding carboxylic acids is 2. The van der Waals surface area contributed by atoms with Crippen molar-refractivity contribution in [1.29, 1.82) is 0 Å². The lowest BCUT2D eigenvalue weighted by Gasteiger charge is -2.37. The second kappa shape index (κ2) is 9.06. The van der Waals surface area contributed by atoms with Crippen LogP contribution in [-0.2, 0) is 16.5 Å². The van der Waals surface area contributed by atoms with E-state index in [-0.39, 0.29) is 6.09 Å². The molecule has 0 atom stereocenters. The minimum atomic E-state index is -0.535. The van der Waals surface area contributed by atoms with Crippen molar-refractivity contribution >= 4 is 23.5 Å². The van der Waals surface area contributed by atoms with Crippen molar-refractivity contribution in [2.75, 3.05) is 38.2 Å². The van der Waals surface area contributed by atoms with Crippen LogP contribution in [0, 0.1) is 0 Å². The third kappa shape index (κ3) is 4.64. The maximum Gasteiger partial charge on any atom is 0.410 e. The zero-order valence-electron chi connectivity index (χ0n) is 19.8. The van der Waals surface area contributed by atoms with Gasteiger partial charge in [0.1, 0.15) is 17.1 Å². The van der Waals surface area contributed by atoms with Crippen molar-refractivity contribution in [3.8, 4) is 11.1 Å². The molecule has 172 valence electrons. The van der Waals surface area contributed by atoms with E-state index in [4.69, 9.17) is 9.47 Å². The summed E-state index contributed by atoms with van der Waals surface area (Å²) in [5.41, 5.74) is 3.30. The molecule has 32 heavy (non-hydrogen) atoms. The molecule has 8 heteroatoms. The molecular formula is C24H32N4O4. The smallest absolute Gasteiger partial charge is 0.410 e. The lowest BCUT2D eigenvalue weighted by molar-refractivity contribution is 0.0240. The molecule has 2 aromatic heterocycles. The number of nitrogens with zero attached hydrogens (tertiary/aromatic N) is 4. The SMILES string of the molecule is C=C(C)c1c(-c2ccncc2)c(N2CCN(C(=O)OC(C)(C)C)CC2)n(C)c1C(=O)OC. The zero-order valence-corrected chi connectivity index (χ0v) is 19.8. The minimum Gasteiger partial charge on any atom is -0.464 e. The Labute approximate surface area is 189 Å². The van der Waals surface area contributed by atoms with Crippen LogP contribution in [0.5, 0.6) is 0 Å². The number of ether oxygens (including phenoxy) is 2. The van der Waals surface area contributed by atoms with Gasteiger partial charge in [-0.15, -0.1) is 0 Å².